The van der Waals surface area contributed by atoms with Crippen molar-refractivity contribution < 1.29 is 18.3 Å². The lowest BCUT2D eigenvalue weighted by atomic mass is 10.0. The minimum Gasteiger partial charge on any atom is -0.507 e. The summed E-state index contributed by atoms with van der Waals surface area (Å²) in [6.45, 7) is 3.23. The van der Waals surface area contributed by atoms with Gasteiger partial charge >= 0.3 is 6.18 Å². The highest BCUT2D eigenvalue weighted by atomic mass is 19.4. The Morgan fingerprint density at radius 3 is 2.68 bits per heavy atom. The Morgan fingerprint density at radius 2 is 2.08 bits per heavy atom. The fraction of sp³-hybridized carbons (Fsp3) is 0.412. The quantitative estimate of drug-likeness (QED) is 0.871. The zero-order valence-electron chi connectivity index (χ0n) is 13.6. The molecule has 134 valence electrons. The van der Waals surface area contributed by atoms with E-state index in [2.05, 4.69) is 10.3 Å². The van der Waals surface area contributed by atoms with Crippen LogP contribution in [0.15, 0.2) is 29.2 Å². The molecule has 1 unspecified atom stereocenters. The minimum absolute atomic E-state index is 0.0445. The SMILES string of the molecule is Cc1ncc(-c2ccc(C(F)(F)F)cc2O)c(=O)n1C1CCCNC1. The van der Waals surface area contributed by atoms with Gasteiger partial charge in [0.1, 0.15) is 11.6 Å². The van der Waals surface area contributed by atoms with Crippen LogP contribution in [0.3, 0.4) is 0 Å². The van der Waals surface area contributed by atoms with Crippen LogP contribution in [0, 0.1) is 6.92 Å². The van der Waals surface area contributed by atoms with Crippen molar-refractivity contribution >= 4 is 0 Å². The Morgan fingerprint density at radius 1 is 1.32 bits per heavy atom. The molecule has 0 saturated carbocycles. The fourth-order valence-electron chi connectivity index (χ4n) is 3.16. The first-order valence-corrected chi connectivity index (χ1v) is 7.98. The van der Waals surface area contributed by atoms with Crippen LogP contribution in [0.4, 0.5) is 13.2 Å². The summed E-state index contributed by atoms with van der Waals surface area (Å²) >= 11 is 0. The van der Waals surface area contributed by atoms with Gasteiger partial charge in [0.05, 0.1) is 17.2 Å². The highest BCUT2D eigenvalue weighted by Crippen LogP contribution is 2.35. The zero-order valence-corrected chi connectivity index (χ0v) is 13.6. The Bertz CT molecular complexity index is 840. The Hall–Kier alpha value is -2.35. The summed E-state index contributed by atoms with van der Waals surface area (Å²) in [5.41, 5.74) is -1.20. The molecule has 1 atom stereocenters. The molecule has 1 aromatic heterocycles. The molecule has 1 aromatic carbocycles. The van der Waals surface area contributed by atoms with Crippen LogP contribution in [0.1, 0.15) is 30.3 Å². The van der Waals surface area contributed by atoms with Gasteiger partial charge in [-0.25, -0.2) is 4.98 Å². The largest absolute Gasteiger partial charge is 0.507 e. The number of hydrogen-bond donors (Lipinski definition) is 2. The lowest BCUT2D eigenvalue weighted by Crippen LogP contribution is -2.38. The van der Waals surface area contributed by atoms with Gasteiger partial charge in [0, 0.05) is 18.3 Å². The Balaban J connectivity index is 2.08. The number of rotatable bonds is 2. The standard InChI is InChI=1S/C17H18F3N3O2/c1-10-22-9-14(16(25)23(10)12-3-2-6-21-8-12)13-5-4-11(7-15(13)24)17(18,19)20/h4-5,7,9,12,21,24H,2-3,6,8H2,1H3. The van der Waals surface area contributed by atoms with Crippen LogP contribution in [0.25, 0.3) is 11.1 Å². The van der Waals surface area contributed by atoms with E-state index in [1.54, 1.807) is 11.5 Å². The zero-order chi connectivity index (χ0) is 18.2. The number of benzene rings is 1. The van der Waals surface area contributed by atoms with Crippen LogP contribution in [0.2, 0.25) is 0 Å². The van der Waals surface area contributed by atoms with Gasteiger partial charge in [-0.1, -0.05) is 0 Å². The second-order valence-electron chi connectivity index (χ2n) is 6.12. The average molecular weight is 353 g/mol. The molecule has 3 rings (SSSR count). The van der Waals surface area contributed by atoms with E-state index in [4.69, 9.17) is 0 Å². The van der Waals surface area contributed by atoms with Crippen LogP contribution in [0.5, 0.6) is 5.75 Å². The lowest BCUT2D eigenvalue weighted by molar-refractivity contribution is -0.137. The molecule has 2 N–H and O–H groups in total. The molecule has 0 spiro atoms. The number of aromatic nitrogens is 2. The normalized spacial score (nSPS) is 18.3. The number of phenols is 1. The summed E-state index contributed by atoms with van der Waals surface area (Å²) in [6, 6.07) is 2.52. The molecule has 0 radical (unpaired) electrons. The number of nitrogens with zero attached hydrogens (tertiary/aromatic N) is 2. The van der Waals surface area contributed by atoms with Crippen molar-refractivity contribution in [3.05, 3.63) is 46.1 Å². The minimum atomic E-state index is -4.56. The van der Waals surface area contributed by atoms with E-state index in [-0.39, 0.29) is 22.7 Å². The van der Waals surface area contributed by atoms with Crippen molar-refractivity contribution in [2.24, 2.45) is 0 Å². The molecule has 1 saturated heterocycles. The third kappa shape index (κ3) is 3.39. The molecule has 2 heterocycles. The maximum absolute atomic E-state index is 12.9. The summed E-state index contributed by atoms with van der Waals surface area (Å²) in [4.78, 5) is 17.1. The number of aromatic hydroxyl groups is 1. The van der Waals surface area contributed by atoms with Gasteiger partial charge in [-0.05, 0) is 44.5 Å². The number of nitrogens with one attached hydrogen (secondary N) is 1. The van der Waals surface area contributed by atoms with E-state index in [1.807, 2.05) is 0 Å². The van der Waals surface area contributed by atoms with Crippen LogP contribution < -0.4 is 10.9 Å². The van der Waals surface area contributed by atoms with Crippen molar-refractivity contribution in [1.82, 2.24) is 14.9 Å². The van der Waals surface area contributed by atoms with Gasteiger partial charge in [-0.15, -0.1) is 0 Å². The highest BCUT2D eigenvalue weighted by Gasteiger charge is 2.31. The van der Waals surface area contributed by atoms with Gasteiger partial charge in [0.2, 0.25) is 0 Å². The molecule has 5 nitrogen and oxygen atoms in total. The number of hydrogen-bond acceptors (Lipinski definition) is 4. The molecule has 0 aliphatic carbocycles. The third-order valence-electron chi connectivity index (χ3n) is 4.43. The molecule has 1 aliphatic rings. The molecule has 25 heavy (non-hydrogen) atoms. The summed E-state index contributed by atoms with van der Waals surface area (Å²) in [6.07, 6.45) is -1.52. The first-order valence-electron chi connectivity index (χ1n) is 7.98. The van der Waals surface area contributed by atoms with Crippen molar-refractivity contribution in [2.45, 2.75) is 32.0 Å². The summed E-state index contributed by atoms with van der Waals surface area (Å²) in [5, 5.41) is 13.2. The topological polar surface area (TPSA) is 67.2 Å². The van der Waals surface area contributed by atoms with Crippen molar-refractivity contribution in [1.29, 1.82) is 0 Å². The van der Waals surface area contributed by atoms with Crippen molar-refractivity contribution in [2.75, 3.05) is 13.1 Å². The number of halogens is 3. The Labute approximate surface area is 142 Å². The van der Waals surface area contributed by atoms with E-state index in [1.165, 1.54) is 6.20 Å². The maximum atomic E-state index is 12.9. The van der Waals surface area contributed by atoms with E-state index in [0.717, 1.165) is 31.5 Å². The summed E-state index contributed by atoms with van der Waals surface area (Å²) in [7, 11) is 0. The van der Waals surface area contributed by atoms with Crippen LogP contribution in [-0.2, 0) is 6.18 Å². The summed E-state index contributed by atoms with van der Waals surface area (Å²) in [5.74, 6) is -0.0558. The molecule has 1 fully saturated rings. The molecular formula is C17H18F3N3O2. The molecule has 0 amide bonds. The van der Waals surface area contributed by atoms with Crippen LogP contribution in [-0.4, -0.2) is 27.7 Å². The van der Waals surface area contributed by atoms with Gasteiger partial charge in [0.15, 0.2) is 0 Å². The second kappa shape index (κ2) is 6.51. The Kier molecular flexibility index (Phi) is 4.55. The molecule has 1 aliphatic heterocycles. The fourth-order valence-corrected chi connectivity index (χ4v) is 3.16. The van der Waals surface area contributed by atoms with Gasteiger partial charge in [-0.3, -0.25) is 9.36 Å². The van der Waals surface area contributed by atoms with Gasteiger partial charge in [0.25, 0.3) is 5.56 Å². The first kappa shape index (κ1) is 17.5. The average Bonchev–Trinajstić information content (AvgIpc) is 2.56. The van der Waals surface area contributed by atoms with Crippen molar-refractivity contribution in [3.63, 3.8) is 0 Å². The van der Waals surface area contributed by atoms with Crippen molar-refractivity contribution in [3.8, 4) is 16.9 Å². The molecule has 2 aromatic rings. The predicted molar refractivity (Wildman–Crippen MR) is 86.5 cm³/mol. The molecule has 8 heteroatoms. The van der Waals surface area contributed by atoms with E-state index in [0.29, 0.717) is 18.4 Å². The number of aryl methyl sites for hydroxylation is 1. The van der Waals surface area contributed by atoms with E-state index in [9.17, 15) is 23.1 Å². The lowest BCUT2D eigenvalue weighted by Gasteiger charge is -2.26. The number of alkyl halides is 3. The highest BCUT2D eigenvalue weighted by molar-refractivity contribution is 5.69. The molecule has 0 bridgehead atoms. The predicted octanol–water partition coefficient (Wildman–Crippen LogP) is 2.87. The number of piperidine rings is 1. The summed E-state index contributed by atoms with van der Waals surface area (Å²) < 4.78 is 39.8. The van der Waals surface area contributed by atoms with Crippen LogP contribution >= 0.6 is 0 Å². The number of phenolic OH excluding ortho intramolecular Hbond substituents is 1. The monoisotopic (exact) mass is 353 g/mol. The first-order chi connectivity index (χ1) is 11.8. The smallest absolute Gasteiger partial charge is 0.416 e. The maximum Gasteiger partial charge on any atom is 0.416 e. The van der Waals surface area contributed by atoms with E-state index >= 15 is 0 Å². The van der Waals surface area contributed by atoms with Gasteiger partial charge in [-0.2, -0.15) is 13.2 Å². The van der Waals surface area contributed by atoms with E-state index < -0.39 is 17.5 Å². The molecular weight excluding hydrogens is 335 g/mol. The second-order valence-corrected chi connectivity index (χ2v) is 6.12. The third-order valence-corrected chi connectivity index (χ3v) is 4.43. The van der Waals surface area contributed by atoms with Gasteiger partial charge < -0.3 is 10.4 Å².